The number of thiazole rings is 1. The predicted octanol–water partition coefficient (Wildman–Crippen LogP) is 3.17. The third-order valence-electron chi connectivity index (χ3n) is 2.16. The number of nitrogens with zero attached hydrogens (tertiary/aromatic N) is 1. The number of carboxylic acid groups (broad SMARTS) is 1. The minimum absolute atomic E-state index is 0.0436. The summed E-state index contributed by atoms with van der Waals surface area (Å²) >= 11 is 0.893. The average Bonchev–Trinajstić information content (AvgIpc) is 2.64. The number of carboxylic acids is 1. The SMILES string of the molecule is Cc1nc(Nc2ccc(F)cc2F)sc1C(=O)O. The maximum atomic E-state index is 13.4. The molecule has 0 spiro atoms. The van der Waals surface area contributed by atoms with Crippen LogP contribution in [0.25, 0.3) is 0 Å². The number of aryl methyl sites for hydroxylation is 1. The molecule has 18 heavy (non-hydrogen) atoms. The number of carbonyl (C=O) groups is 1. The lowest BCUT2D eigenvalue weighted by Gasteiger charge is -2.03. The van der Waals surface area contributed by atoms with Gasteiger partial charge in [-0.3, -0.25) is 0 Å². The van der Waals surface area contributed by atoms with E-state index in [9.17, 15) is 13.6 Å². The molecule has 2 rings (SSSR count). The van der Waals surface area contributed by atoms with Crippen LogP contribution < -0.4 is 5.32 Å². The van der Waals surface area contributed by atoms with Crippen molar-refractivity contribution in [2.45, 2.75) is 6.92 Å². The Morgan fingerprint density at radius 3 is 2.72 bits per heavy atom. The highest BCUT2D eigenvalue weighted by Gasteiger charge is 2.14. The maximum Gasteiger partial charge on any atom is 0.347 e. The molecule has 0 saturated carbocycles. The Bertz CT molecular complexity index is 613. The van der Waals surface area contributed by atoms with E-state index in [1.54, 1.807) is 6.92 Å². The number of anilines is 2. The van der Waals surface area contributed by atoms with Gasteiger partial charge in [0.05, 0.1) is 11.4 Å². The largest absolute Gasteiger partial charge is 0.477 e. The first-order valence-corrected chi connectivity index (χ1v) is 5.72. The molecule has 0 saturated heterocycles. The van der Waals surface area contributed by atoms with Gasteiger partial charge >= 0.3 is 5.97 Å². The Morgan fingerprint density at radius 2 is 2.17 bits per heavy atom. The fourth-order valence-electron chi connectivity index (χ4n) is 1.35. The summed E-state index contributed by atoms with van der Waals surface area (Å²) < 4.78 is 26.1. The van der Waals surface area contributed by atoms with Crippen LogP contribution in [0.4, 0.5) is 19.6 Å². The van der Waals surface area contributed by atoms with Gasteiger partial charge in [-0.2, -0.15) is 0 Å². The minimum atomic E-state index is -1.09. The van der Waals surface area contributed by atoms with Crippen LogP contribution >= 0.6 is 11.3 Å². The molecule has 0 amide bonds. The molecule has 0 unspecified atom stereocenters. The summed E-state index contributed by atoms with van der Waals surface area (Å²) in [4.78, 5) is 14.9. The van der Waals surface area contributed by atoms with Gasteiger partial charge in [-0.1, -0.05) is 11.3 Å². The molecule has 0 aliphatic rings. The molecule has 0 fully saturated rings. The minimum Gasteiger partial charge on any atom is -0.477 e. The van der Waals surface area contributed by atoms with Crippen LogP contribution in [0.3, 0.4) is 0 Å². The molecular weight excluding hydrogens is 262 g/mol. The standard InChI is InChI=1S/C11H8F2N2O2S/c1-5-9(10(16)17)18-11(14-5)15-8-3-2-6(12)4-7(8)13/h2-4H,1H3,(H,14,15)(H,16,17). The maximum absolute atomic E-state index is 13.4. The predicted molar refractivity (Wildman–Crippen MR) is 63.5 cm³/mol. The molecule has 0 aliphatic heterocycles. The average molecular weight is 270 g/mol. The molecular formula is C11H8F2N2O2S. The third kappa shape index (κ3) is 2.45. The second kappa shape index (κ2) is 4.69. The third-order valence-corrected chi connectivity index (χ3v) is 3.22. The zero-order valence-electron chi connectivity index (χ0n) is 9.20. The van der Waals surface area contributed by atoms with Gasteiger partial charge in [-0.05, 0) is 19.1 Å². The smallest absolute Gasteiger partial charge is 0.347 e. The van der Waals surface area contributed by atoms with E-state index in [4.69, 9.17) is 5.11 Å². The first-order chi connectivity index (χ1) is 8.47. The van der Waals surface area contributed by atoms with Crippen LogP contribution in [0.5, 0.6) is 0 Å². The zero-order valence-corrected chi connectivity index (χ0v) is 10.0. The Hall–Kier alpha value is -2.02. The van der Waals surface area contributed by atoms with Gasteiger partial charge in [0.1, 0.15) is 16.5 Å². The summed E-state index contributed by atoms with van der Waals surface area (Å²) in [6, 6.07) is 3.06. The van der Waals surface area contributed by atoms with Gasteiger partial charge < -0.3 is 10.4 Å². The van der Waals surface area contributed by atoms with Gasteiger partial charge in [-0.25, -0.2) is 18.6 Å². The lowest BCUT2D eigenvalue weighted by atomic mass is 10.3. The van der Waals surface area contributed by atoms with E-state index in [0.29, 0.717) is 5.69 Å². The van der Waals surface area contributed by atoms with E-state index in [1.807, 2.05) is 0 Å². The number of benzene rings is 1. The van der Waals surface area contributed by atoms with E-state index in [0.717, 1.165) is 23.5 Å². The van der Waals surface area contributed by atoms with Crippen LogP contribution in [0, 0.1) is 18.6 Å². The number of hydrogen-bond donors (Lipinski definition) is 2. The molecule has 0 bridgehead atoms. The first kappa shape index (κ1) is 12.4. The van der Waals surface area contributed by atoms with Crippen LogP contribution in [0.2, 0.25) is 0 Å². The molecule has 94 valence electrons. The highest BCUT2D eigenvalue weighted by atomic mass is 32.1. The zero-order chi connectivity index (χ0) is 13.3. The van der Waals surface area contributed by atoms with Crippen molar-refractivity contribution in [1.82, 2.24) is 4.98 Å². The van der Waals surface area contributed by atoms with E-state index >= 15 is 0 Å². The molecule has 1 aromatic heterocycles. The molecule has 0 atom stereocenters. The van der Waals surface area contributed by atoms with Crippen LogP contribution in [-0.4, -0.2) is 16.1 Å². The summed E-state index contributed by atoms with van der Waals surface area (Å²) in [5.74, 6) is -2.53. The van der Waals surface area contributed by atoms with Crippen LogP contribution in [0.15, 0.2) is 18.2 Å². The van der Waals surface area contributed by atoms with Gasteiger partial charge in [0.25, 0.3) is 0 Å². The van der Waals surface area contributed by atoms with Crippen molar-refractivity contribution in [1.29, 1.82) is 0 Å². The fraction of sp³-hybridized carbons (Fsp3) is 0.0909. The van der Waals surface area contributed by atoms with Gasteiger partial charge in [-0.15, -0.1) is 0 Å². The van der Waals surface area contributed by atoms with E-state index < -0.39 is 17.6 Å². The van der Waals surface area contributed by atoms with E-state index in [2.05, 4.69) is 10.3 Å². The van der Waals surface area contributed by atoms with Crippen molar-refractivity contribution in [3.05, 3.63) is 40.4 Å². The number of aromatic nitrogens is 1. The second-order valence-corrected chi connectivity index (χ2v) is 4.49. The quantitative estimate of drug-likeness (QED) is 0.899. The molecule has 7 heteroatoms. The Balaban J connectivity index is 2.29. The highest BCUT2D eigenvalue weighted by Crippen LogP contribution is 2.27. The van der Waals surface area contributed by atoms with Crippen molar-refractivity contribution in [2.75, 3.05) is 5.32 Å². The summed E-state index contributed by atoms with van der Waals surface area (Å²) in [5.41, 5.74) is 0.389. The van der Waals surface area contributed by atoms with Crippen molar-refractivity contribution in [3.63, 3.8) is 0 Å². The molecule has 0 radical (unpaired) electrons. The normalized spacial score (nSPS) is 10.4. The lowest BCUT2D eigenvalue weighted by molar-refractivity contribution is 0.0701. The Morgan fingerprint density at radius 1 is 1.44 bits per heavy atom. The number of aromatic carboxylic acids is 1. The van der Waals surface area contributed by atoms with Gasteiger partial charge in [0, 0.05) is 6.07 Å². The summed E-state index contributed by atoms with van der Waals surface area (Å²) in [5, 5.41) is 11.7. The van der Waals surface area contributed by atoms with E-state index in [1.165, 1.54) is 6.07 Å². The van der Waals surface area contributed by atoms with Gasteiger partial charge in [0.15, 0.2) is 5.13 Å². The monoisotopic (exact) mass is 270 g/mol. The highest BCUT2D eigenvalue weighted by molar-refractivity contribution is 7.17. The number of nitrogens with one attached hydrogen (secondary N) is 1. The number of hydrogen-bond acceptors (Lipinski definition) is 4. The Kier molecular flexibility index (Phi) is 3.24. The van der Waals surface area contributed by atoms with Crippen molar-refractivity contribution in [3.8, 4) is 0 Å². The molecule has 1 aromatic carbocycles. The van der Waals surface area contributed by atoms with Crippen LogP contribution in [0.1, 0.15) is 15.4 Å². The molecule has 2 N–H and O–H groups in total. The molecule has 1 heterocycles. The van der Waals surface area contributed by atoms with Crippen molar-refractivity contribution in [2.24, 2.45) is 0 Å². The molecule has 4 nitrogen and oxygen atoms in total. The first-order valence-electron chi connectivity index (χ1n) is 4.90. The summed E-state index contributed by atoms with van der Waals surface area (Å²) in [6.45, 7) is 1.55. The van der Waals surface area contributed by atoms with E-state index in [-0.39, 0.29) is 15.7 Å². The summed E-state index contributed by atoms with van der Waals surface area (Å²) in [6.07, 6.45) is 0. The Labute approximate surface area is 105 Å². The van der Waals surface area contributed by atoms with Gasteiger partial charge in [0.2, 0.25) is 0 Å². The topological polar surface area (TPSA) is 62.2 Å². The number of rotatable bonds is 3. The molecule has 0 aliphatic carbocycles. The fourth-order valence-corrected chi connectivity index (χ4v) is 2.17. The van der Waals surface area contributed by atoms with Crippen LogP contribution in [-0.2, 0) is 0 Å². The second-order valence-electron chi connectivity index (χ2n) is 3.49. The lowest BCUT2D eigenvalue weighted by Crippen LogP contribution is -1.94. The van der Waals surface area contributed by atoms with Crippen molar-refractivity contribution < 1.29 is 18.7 Å². The summed E-state index contributed by atoms with van der Waals surface area (Å²) in [7, 11) is 0. The van der Waals surface area contributed by atoms with Crippen molar-refractivity contribution >= 4 is 28.1 Å². The molecule has 2 aromatic rings. The number of halogens is 2.